The van der Waals surface area contributed by atoms with Crippen molar-refractivity contribution >= 4 is 21.4 Å². The third-order valence-electron chi connectivity index (χ3n) is 4.87. The van der Waals surface area contributed by atoms with Crippen molar-refractivity contribution in [2.45, 2.75) is 43.0 Å². The second-order valence-electron chi connectivity index (χ2n) is 7.46. The summed E-state index contributed by atoms with van der Waals surface area (Å²) < 4.78 is 68.0. The molecule has 1 saturated heterocycles. The fraction of sp³-hybridized carbons (Fsp3) is 0.381. The number of hydrogen-bond acceptors (Lipinski definition) is 5. The van der Waals surface area contributed by atoms with Crippen LogP contribution in [0.15, 0.2) is 53.4 Å². The molecular formula is C21H23F3N2O4S. The van der Waals surface area contributed by atoms with Crippen molar-refractivity contribution in [2.24, 2.45) is 0 Å². The van der Waals surface area contributed by atoms with Crippen molar-refractivity contribution in [3.05, 3.63) is 59.7 Å². The molecule has 0 spiro atoms. The van der Waals surface area contributed by atoms with E-state index in [1.165, 1.54) is 18.2 Å². The molecule has 0 aliphatic carbocycles. The lowest BCUT2D eigenvalue weighted by Gasteiger charge is -2.35. The molecule has 31 heavy (non-hydrogen) atoms. The maximum absolute atomic E-state index is 12.9. The molecule has 2 aromatic carbocycles. The van der Waals surface area contributed by atoms with E-state index < -0.39 is 20.2 Å². The summed E-state index contributed by atoms with van der Waals surface area (Å²) in [5, 5.41) is 2.74. The number of anilines is 1. The van der Waals surface area contributed by atoms with Crippen LogP contribution < -0.4 is 5.32 Å². The number of benzene rings is 2. The largest absolute Gasteiger partial charge is 0.501 e. The molecule has 0 bridgehead atoms. The predicted octanol–water partition coefficient (Wildman–Crippen LogP) is 3.84. The highest BCUT2D eigenvalue weighted by Gasteiger charge is 2.47. The van der Waals surface area contributed by atoms with Gasteiger partial charge in [-0.25, -0.2) is 8.42 Å². The van der Waals surface area contributed by atoms with Gasteiger partial charge in [0.25, 0.3) is 15.7 Å². The zero-order valence-electron chi connectivity index (χ0n) is 17.0. The second kappa shape index (κ2) is 8.88. The lowest BCUT2D eigenvalue weighted by Crippen LogP contribution is -2.48. The van der Waals surface area contributed by atoms with Gasteiger partial charge in [0, 0.05) is 25.2 Å². The van der Waals surface area contributed by atoms with Crippen LogP contribution >= 0.6 is 0 Å². The Hall–Kier alpha value is -2.59. The Labute approximate surface area is 178 Å². The van der Waals surface area contributed by atoms with Gasteiger partial charge in [-0.05, 0) is 43.7 Å². The first-order valence-electron chi connectivity index (χ1n) is 9.67. The fourth-order valence-corrected chi connectivity index (χ4v) is 4.40. The molecule has 0 saturated carbocycles. The smallest absolute Gasteiger partial charge is 0.380 e. The van der Waals surface area contributed by atoms with Crippen LogP contribution in [0.2, 0.25) is 0 Å². The molecule has 0 radical (unpaired) electrons. The summed E-state index contributed by atoms with van der Waals surface area (Å²) in [6.45, 7) is 4.89. The monoisotopic (exact) mass is 456 g/mol. The number of alkyl halides is 3. The van der Waals surface area contributed by atoms with E-state index in [-0.39, 0.29) is 30.3 Å². The van der Waals surface area contributed by atoms with Crippen molar-refractivity contribution < 1.29 is 31.1 Å². The standard InChI is InChI=1S/C21H23F3N2O4S/c1-14-12-26(13-15(2)30-14)20(27)17-9-7-16(8-10-17)11-25-18-5-3-4-6-19(18)31(28,29)21(22,23)24/h3-10,14-15,25H,11-13H2,1-2H3. The minimum atomic E-state index is -5.47. The van der Waals surface area contributed by atoms with Crippen molar-refractivity contribution in [2.75, 3.05) is 18.4 Å². The van der Waals surface area contributed by atoms with Crippen LogP contribution in [-0.2, 0) is 21.1 Å². The number of carbonyl (C=O) groups is 1. The minimum Gasteiger partial charge on any atom is -0.380 e. The number of nitrogens with zero attached hydrogens (tertiary/aromatic N) is 1. The number of sulfone groups is 1. The normalized spacial score (nSPS) is 19.8. The van der Waals surface area contributed by atoms with E-state index >= 15 is 0 Å². The summed E-state index contributed by atoms with van der Waals surface area (Å²) in [6, 6.07) is 11.5. The van der Waals surface area contributed by atoms with Crippen LogP contribution in [0, 0.1) is 0 Å². The first kappa shape index (κ1) is 23.1. The highest BCUT2D eigenvalue weighted by atomic mass is 32.2. The summed E-state index contributed by atoms with van der Waals surface area (Å²) in [6.07, 6.45) is -0.103. The van der Waals surface area contributed by atoms with Crippen LogP contribution in [0.5, 0.6) is 0 Å². The molecule has 2 atom stereocenters. The molecule has 2 aromatic rings. The molecular weight excluding hydrogens is 433 g/mol. The minimum absolute atomic E-state index is 0.0516. The Morgan fingerprint density at radius 3 is 2.23 bits per heavy atom. The Morgan fingerprint density at radius 2 is 1.65 bits per heavy atom. The zero-order valence-corrected chi connectivity index (χ0v) is 17.8. The van der Waals surface area contributed by atoms with Crippen molar-refractivity contribution in [1.82, 2.24) is 4.90 Å². The van der Waals surface area contributed by atoms with Crippen LogP contribution in [0.3, 0.4) is 0 Å². The summed E-state index contributed by atoms with van der Waals surface area (Å²) in [4.78, 5) is 13.6. The molecule has 0 aromatic heterocycles. The summed E-state index contributed by atoms with van der Waals surface area (Å²) in [5.41, 5.74) is -4.36. The second-order valence-corrected chi connectivity index (χ2v) is 9.37. The number of nitrogens with one attached hydrogen (secondary N) is 1. The van der Waals surface area contributed by atoms with Crippen molar-refractivity contribution in [1.29, 1.82) is 0 Å². The quantitative estimate of drug-likeness (QED) is 0.740. The first-order valence-corrected chi connectivity index (χ1v) is 11.2. The van der Waals surface area contributed by atoms with Crippen molar-refractivity contribution in [3.63, 3.8) is 0 Å². The molecule has 3 rings (SSSR count). The number of hydrogen-bond donors (Lipinski definition) is 1. The van der Waals surface area contributed by atoms with E-state index in [9.17, 15) is 26.4 Å². The Bertz CT molecular complexity index is 1030. The lowest BCUT2D eigenvalue weighted by atomic mass is 10.1. The van der Waals surface area contributed by atoms with E-state index in [0.29, 0.717) is 24.2 Å². The molecule has 2 unspecified atom stereocenters. The number of amides is 1. The van der Waals surface area contributed by atoms with E-state index in [1.807, 2.05) is 13.8 Å². The van der Waals surface area contributed by atoms with E-state index in [1.54, 1.807) is 29.2 Å². The molecule has 1 fully saturated rings. The van der Waals surface area contributed by atoms with Crippen molar-refractivity contribution in [3.8, 4) is 0 Å². The molecule has 1 aliphatic heterocycles. The van der Waals surface area contributed by atoms with Gasteiger partial charge in [0.2, 0.25) is 0 Å². The Balaban J connectivity index is 1.70. The average molecular weight is 456 g/mol. The summed E-state index contributed by atoms with van der Waals surface area (Å²) in [7, 11) is -5.47. The maximum Gasteiger partial charge on any atom is 0.501 e. The Morgan fingerprint density at radius 1 is 1.06 bits per heavy atom. The third kappa shape index (κ3) is 5.19. The number of ether oxygens (including phenoxy) is 1. The van der Waals surface area contributed by atoms with Crippen LogP contribution in [-0.4, -0.2) is 50.0 Å². The molecule has 1 amide bonds. The van der Waals surface area contributed by atoms with E-state index in [2.05, 4.69) is 5.32 Å². The third-order valence-corrected chi connectivity index (χ3v) is 6.42. The number of halogens is 3. The lowest BCUT2D eigenvalue weighted by molar-refractivity contribution is -0.0586. The van der Waals surface area contributed by atoms with Gasteiger partial charge in [-0.1, -0.05) is 24.3 Å². The summed E-state index contributed by atoms with van der Waals surface area (Å²) in [5.74, 6) is -0.122. The van der Waals surface area contributed by atoms with Crippen LogP contribution in [0.25, 0.3) is 0 Å². The maximum atomic E-state index is 12.9. The number of carbonyl (C=O) groups excluding carboxylic acids is 1. The average Bonchev–Trinajstić information content (AvgIpc) is 2.71. The van der Waals surface area contributed by atoms with E-state index in [4.69, 9.17) is 4.74 Å². The molecule has 1 heterocycles. The van der Waals surface area contributed by atoms with Gasteiger partial charge in [-0.15, -0.1) is 0 Å². The van der Waals surface area contributed by atoms with Gasteiger partial charge in [-0.2, -0.15) is 13.2 Å². The summed E-state index contributed by atoms with van der Waals surface area (Å²) >= 11 is 0. The van der Waals surface area contributed by atoms with Gasteiger partial charge in [-0.3, -0.25) is 4.79 Å². The highest BCUT2D eigenvalue weighted by Crippen LogP contribution is 2.34. The molecule has 1 aliphatic rings. The van der Waals surface area contributed by atoms with Crippen LogP contribution in [0.4, 0.5) is 18.9 Å². The highest BCUT2D eigenvalue weighted by molar-refractivity contribution is 7.92. The van der Waals surface area contributed by atoms with Crippen LogP contribution in [0.1, 0.15) is 29.8 Å². The van der Waals surface area contributed by atoms with Gasteiger partial charge in [0.1, 0.15) is 0 Å². The first-order chi connectivity index (χ1) is 14.5. The topological polar surface area (TPSA) is 75.7 Å². The molecule has 6 nitrogen and oxygen atoms in total. The number of rotatable bonds is 5. The number of morpholine rings is 1. The number of para-hydroxylation sites is 1. The molecule has 168 valence electrons. The molecule has 10 heteroatoms. The van der Waals surface area contributed by atoms with Gasteiger partial charge >= 0.3 is 5.51 Å². The van der Waals surface area contributed by atoms with Gasteiger partial charge in [0.15, 0.2) is 0 Å². The Kier molecular flexibility index (Phi) is 6.61. The van der Waals surface area contributed by atoms with Gasteiger partial charge < -0.3 is 15.0 Å². The fourth-order valence-electron chi connectivity index (χ4n) is 3.46. The van der Waals surface area contributed by atoms with E-state index in [0.717, 1.165) is 6.07 Å². The zero-order chi connectivity index (χ0) is 22.8. The van der Waals surface area contributed by atoms with Gasteiger partial charge in [0.05, 0.1) is 22.8 Å². The SMILES string of the molecule is CC1CN(C(=O)c2ccc(CNc3ccccc3S(=O)(=O)C(F)(F)F)cc2)CC(C)O1. The molecule has 1 N–H and O–H groups in total. The predicted molar refractivity (Wildman–Crippen MR) is 109 cm³/mol.